The summed E-state index contributed by atoms with van der Waals surface area (Å²) in [5.74, 6) is -1.93. The molecule has 3 saturated heterocycles. The summed E-state index contributed by atoms with van der Waals surface area (Å²) >= 11 is 2.17. The molecule has 8 heteroatoms. The average Bonchev–Trinajstić information content (AvgIpc) is 3.02. The lowest BCUT2D eigenvalue weighted by Crippen LogP contribution is -2.58. The Balaban J connectivity index is 1.59. The van der Waals surface area contributed by atoms with Crippen molar-refractivity contribution in [2.75, 3.05) is 5.32 Å². The SMILES string of the molecule is CC1(C)OC2OC(C(=O)Nc3ccccc3I)C3OC(C)(C)OC3C2O1. The molecule has 0 radical (unpaired) electrons. The van der Waals surface area contributed by atoms with Crippen molar-refractivity contribution in [2.45, 2.75) is 70.0 Å². The van der Waals surface area contributed by atoms with E-state index in [1.165, 1.54) is 0 Å². The molecule has 0 bridgehead atoms. The highest BCUT2D eigenvalue weighted by Gasteiger charge is 2.62. The number of para-hydroxylation sites is 1. The molecular formula is C18H22INO6. The molecule has 0 aromatic heterocycles. The fraction of sp³-hybridized carbons (Fsp3) is 0.611. The minimum absolute atomic E-state index is 0.294. The normalized spacial score (nSPS) is 37.0. The highest BCUT2D eigenvalue weighted by Crippen LogP contribution is 2.44. The monoisotopic (exact) mass is 475 g/mol. The van der Waals surface area contributed by atoms with Crippen molar-refractivity contribution in [3.05, 3.63) is 27.8 Å². The van der Waals surface area contributed by atoms with Crippen LogP contribution in [-0.2, 0) is 28.5 Å². The maximum absolute atomic E-state index is 13.0. The van der Waals surface area contributed by atoms with E-state index in [-0.39, 0.29) is 5.91 Å². The van der Waals surface area contributed by atoms with Gasteiger partial charge in [-0.05, 0) is 62.4 Å². The molecule has 0 aliphatic carbocycles. The Labute approximate surface area is 165 Å². The Morgan fingerprint density at radius 2 is 1.58 bits per heavy atom. The van der Waals surface area contributed by atoms with Crippen LogP contribution < -0.4 is 5.32 Å². The summed E-state index contributed by atoms with van der Waals surface area (Å²) < 4.78 is 30.7. The van der Waals surface area contributed by atoms with Gasteiger partial charge >= 0.3 is 0 Å². The maximum atomic E-state index is 13.0. The first kappa shape index (κ1) is 18.6. The molecule has 1 aromatic carbocycles. The molecule has 5 atom stereocenters. The molecule has 5 unspecified atom stereocenters. The topological polar surface area (TPSA) is 75.3 Å². The smallest absolute Gasteiger partial charge is 0.256 e. The molecule has 3 aliphatic rings. The molecule has 7 nitrogen and oxygen atoms in total. The number of hydrogen-bond acceptors (Lipinski definition) is 6. The Bertz CT molecular complexity index is 723. The van der Waals surface area contributed by atoms with Crippen molar-refractivity contribution in [2.24, 2.45) is 0 Å². The van der Waals surface area contributed by atoms with E-state index in [2.05, 4.69) is 27.9 Å². The molecule has 1 N–H and O–H groups in total. The van der Waals surface area contributed by atoms with Gasteiger partial charge < -0.3 is 29.0 Å². The quantitative estimate of drug-likeness (QED) is 0.664. The number of hydrogen-bond donors (Lipinski definition) is 1. The van der Waals surface area contributed by atoms with Crippen LogP contribution in [0.3, 0.4) is 0 Å². The van der Waals surface area contributed by atoms with E-state index in [0.717, 1.165) is 9.26 Å². The molecular weight excluding hydrogens is 453 g/mol. The number of rotatable bonds is 2. The second-order valence-corrected chi connectivity index (χ2v) is 8.72. The summed E-state index contributed by atoms with van der Waals surface area (Å²) in [5.41, 5.74) is 0.725. The van der Waals surface area contributed by atoms with Crippen LogP contribution in [0.4, 0.5) is 5.69 Å². The molecule has 1 aromatic rings. The van der Waals surface area contributed by atoms with E-state index in [4.69, 9.17) is 23.7 Å². The summed E-state index contributed by atoms with van der Waals surface area (Å²) in [7, 11) is 0. The zero-order chi connectivity index (χ0) is 18.7. The van der Waals surface area contributed by atoms with Crippen molar-refractivity contribution in [1.82, 2.24) is 0 Å². The fourth-order valence-electron chi connectivity index (χ4n) is 3.59. The number of nitrogens with one attached hydrogen (secondary N) is 1. The molecule has 1 amide bonds. The van der Waals surface area contributed by atoms with Gasteiger partial charge in [-0.3, -0.25) is 4.79 Å². The molecule has 3 fully saturated rings. The predicted octanol–water partition coefficient (Wildman–Crippen LogP) is 2.63. The van der Waals surface area contributed by atoms with Crippen LogP contribution in [0, 0.1) is 3.57 Å². The van der Waals surface area contributed by atoms with Crippen LogP contribution in [0.15, 0.2) is 24.3 Å². The minimum Gasteiger partial charge on any atom is -0.342 e. The van der Waals surface area contributed by atoms with Crippen LogP contribution in [-0.4, -0.2) is 48.2 Å². The highest BCUT2D eigenvalue weighted by molar-refractivity contribution is 14.1. The lowest BCUT2D eigenvalue weighted by Gasteiger charge is -2.36. The largest absolute Gasteiger partial charge is 0.342 e. The number of carbonyl (C=O) groups excluding carboxylic acids is 1. The summed E-state index contributed by atoms with van der Waals surface area (Å²) in [6, 6.07) is 7.55. The van der Waals surface area contributed by atoms with Crippen LogP contribution in [0.1, 0.15) is 27.7 Å². The first-order chi connectivity index (χ1) is 12.2. The van der Waals surface area contributed by atoms with Crippen LogP contribution in [0.2, 0.25) is 0 Å². The lowest BCUT2D eigenvalue weighted by molar-refractivity contribution is -0.229. The number of halogens is 1. The summed E-state index contributed by atoms with van der Waals surface area (Å²) in [6.45, 7) is 7.25. The van der Waals surface area contributed by atoms with E-state index in [1.807, 2.05) is 52.0 Å². The molecule has 0 saturated carbocycles. The van der Waals surface area contributed by atoms with Crippen molar-refractivity contribution >= 4 is 34.2 Å². The molecule has 3 heterocycles. The Hall–Kier alpha value is -0.780. The molecule has 4 rings (SSSR count). The van der Waals surface area contributed by atoms with Gasteiger partial charge in [0.2, 0.25) is 0 Å². The van der Waals surface area contributed by atoms with Gasteiger partial charge in [-0.15, -0.1) is 0 Å². The lowest BCUT2D eigenvalue weighted by atomic mass is 9.98. The van der Waals surface area contributed by atoms with Gasteiger partial charge in [0.05, 0.1) is 5.69 Å². The third kappa shape index (κ3) is 3.38. The first-order valence-electron chi connectivity index (χ1n) is 8.57. The zero-order valence-electron chi connectivity index (χ0n) is 15.0. The average molecular weight is 475 g/mol. The van der Waals surface area contributed by atoms with Crippen LogP contribution >= 0.6 is 22.6 Å². The zero-order valence-corrected chi connectivity index (χ0v) is 17.2. The van der Waals surface area contributed by atoms with E-state index < -0.39 is 42.3 Å². The third-order valence-electron chi connectivity index (χ3n) is 4.54. The summed E-state index contributed by atoms with van der Waals surface area (Å²) in [4.78, 5) is 13.0. The minimum atomic E-state index is -0.864. The van der Waals surface area contributed by atoms with Gasteiger partial charge in [0.1, 0.15) is 18.3 Å². The molecule has 142 valence electrons. The molecule has 3 aliphatic heterocycles. The van der Waals surface area contributed by atoms with Crippen molar-refractivity contribution in [3.8, 4) is 0 Å². The van der Waals surface area contributed by atoms with Gasteiger partial charge in [-0.1, -0.05) is 12.1 Å². The number of anilines is 1. The second-order valence-electron chi connectivity index (χ2n) is 7.56. The van der Waals surface area contributed by atoms with Crippen molar-refractivity contribution in [1.29, 1.82) is 0 Å². The van der Waals surface area contributed by atoms with Gasteiger partial charge in [0, 0.05) is 3.57 Å². The van der Waals surface area contributed by atoms with Gasteiger partial charge in [-0.2, -0.15) is 0 Å². The van der Waals surface area contributed by atoms with Gasteiger partial charge in [-0.25, -0.2) is 0 Å². The number of ether oxygens (including phenoxy) is 5. The maximum Gasteiger partial charge on any atom is 0.256 e. The van der Waals surface area contributed by atoms with E-state index in [0.29, 0.717) is 0 Å². The predicted molar refractivity (Wildman–Crippen MR) is 100 cm³/mol. The van der Waals surface area contributed by atoms with Gasteiger partial charge in [0.15, 0.2) is 24.0 Å². The van der Waals surface area contributed by atoms with Crippen molar-refractivity contribution < 1.29 is 28.5 Å². The Morgan fingerprint density at radius 1 is 0.962 bits per heavy atom. The number of carbonyl (C=O) groups is 1. The second kappa shape index (κ2) is 6.39. The number of fused-ring (bicyclic) bond motifs is 3. The van der Waals surface area contributed by atoms with Crippen LogP contribution in [0.25, 0.3) is 0 Å². The highest BCUT2D eigenvalue weighted by atomic mass is 127. The van der Waals surface area contributed by atoms with E-state index in [1.54, 1.807) is 0 Å². The molecule has 0 spiro atoms. The standard InChI is InChI=1S/C18H22INO6/c1-17(2)23-11-12(24-17)14-16(26-18(3,4)25-14)22-13(11)15(21)20-10-8-6-5-7-9(10)19/h5-8,11-14,16H,1-4H3,(H,20,21). The number of amides is 1. The van der Waals surface area contributed by atoms with Crippen molar-refractivity contribution in [3.63, 3.8) is 0 Å². The number of benzene rings is 1. The van der Waals surface area contributed by atoms with Gasteiger partial charge in [0.25, 0.3) is 5.91 Å². The van der Waals surface area contributed by atoms with E-state index in [9.17, 15) is 4.79 Å². The first-order valence-corrected chi connectivity index (χ1v) is 9.65. The summed E-state index contributed by atoms with van der Waals surface area (Å²) in [5, 5.41) is 2.92. The fourth-order valence-corrected chi connectivity index (χ4v) is 4.11. The Kier molecular flexibility index (Phi) is 4.56. The van der Waals surface area contributed by atoms with Crippen LogP contribution in [0.5, 0.6) is 0 Å². The summed E-state index contributed by atoms with van der Waals surface area (Å²) in [6.07, 6.45) is -3.02. The van der Waals surface area contributed by atoms with E-state index >= 15 is 0 Å². The molecule has 26 heavy (non-hydrogen) atoms. The third-order valence-corrected chi connectivity index (χ3v) is 5.49. The Morgan fingerprint density at radius 3 is 2.31 bits per heavy atom.